The predicted molar refractivity (Wildman–Crippen MR) is 156 cm³/mol. The molecule has 204 valence electrons. The fraction of sp³-hybridized carbons (Fsp3) is 0.485. The number of aryl methyl sites for hydroxylation is 2. The fourth-order valence-corrected chi connectivity index (χ4v) is 6.09. The van der Waals surface area contributed by atoms with E-state index < -0.39 is 0 Å². The third-order valence-corrected chi connectivity index (χ3v) is 8.62. The van der Waals surface area contributed by atoms with Gasteiger partial charge in [-0.2, -0.15) is 5.26 Å². The topological polar surface area (TPSA) is 76.0 Å². The number of nitrogens with one attached hydrogen (secondary N) is 1. The number of nitrogens with zero attached hydrogens (tertiary/aromatic N) is 4. The summed E-state index contributed by atoms with van der Waals surface area (Å²) in [5, 5.41) is 9.09. The highest BCUT2D eigenvalue weighted by molar-refractivity contribution is 5.97. The predicted octanol–water partition coefficient (Wildman–Crippen LogP) is 6.39. The number of aromatic amines is 1. The largest absolute Gasteiger partial charge is 0.341 e. The lowest BCUT2D eigenvalue weighted by atomic mass is 9.88. The zero-order valence-electron chi connectivity index (χ0n) is 23.9. The molecular formula is C33H41N5O. The Labute approximate surface area is 233 Å². The molecule has 0 aliphatic carbocycles. The number of piperidine rings is 1. The van der Waals surface area contributed by atoms with Crippen molar-refractivity contribution in [3.63, 3.8) is 0 Å². The van der Waals surface area contributed by atoms with Gasteiger partial charge in [0.05, 0.1) is 23.0 Å². The van der Waals surface area contributed by atoms with E-state index in [2.05, 4.69) is 67.9 Å². The first-order valence-electron chi connectivity index (χ1n) is 14.6. The minimum atomic E-state index is 0.122. The van der Waals surface area contributed by atoms with E-state index in [0.29, 0.717) is 17.5 Å². The van der Waals surface area contributed by atoms with Crippen LogP contribution in [0.4, 0.5) is 0 Å². The molecule has 2 aliphatic heterocycles. The number of benzene rings is 2. The van der Waals surface area contributed by atoms with Gasteiger partial charge in [-0.15, -0.1) is 0 Å². The molecule has 5 rings (SSSR count). The molecule has 0 spiro atoms. The summed E-state index contributed by atoms with van der Waals surface area (Å²) in [6.07, 6.45) is 6.07. The second-order valence-electron chi connectivity index (χ2n) is 11.6. The van der Waals surface area contributed by atoms with E-state index in [1.54, 1.807) is 0 Å². The summed E-state index contributed by atoms with van der Waals surface area (Å²) in [6.45, 7) is 12.2. The summed E-state index contributed by atoms with van der Waals surface area (Å²) < 4.78 is 0. The summed E-state index contributed by atoms with van der Waals surface area (Å²) in [5.74, 6) is 1.45. The van der Waals surface area contributed by atoms with Crippen molar-refractivity contribution in [3.8, 4) is 17.5 Å². The van der Waals surface area contributed by atoms with E-state index in [0.717, 1.165) is 87.2 Å². The van der Waals surface area contributed by atoms with Gasteiger partial charge >= 0.3 is 0 Å². The Morgan fingerprint density at radius 1 is 1.15 bits per heavy atom. The van der Waals surface area contributed by atoms with Gasteiger partial charge in [0.25, 0.3) is 5.91 Å². The molecule has 0 saturated carbocycles. The number of fused-ring (bicyclic) bond motifs is 1. The van der Waals surface area contributed by atoms with Gasteiger partial charge in [0, 0.05) is 49.8 Å². The van der Waals surface area contributed by atoms with Crippen molar-refractivity contribution in [1.82, 2.24) is 19.8 Å². The van der Waals surface area contributed by atoms with Crippen LogP contribution in [-0.4, -0.2) is 51.4 Å². The number of aromatic nitrogens is 2. The first-order valence-corrected chi connectivity index (χ1v) is 14.6. The van der Waals surface area contributed by atoms with Crippen molar-refractivity contribution >= 4 is 5.91 Å². The lowest BCUT2D eigenvalue weighted by Crippen LogP contribution is -2.38. The van der Waals surface area contributed by atoms with E-state index in [1.165, 1.54) is 22.5 Å². The van der Waals surface area contributed by atoms with E-state index in [4.69, 9.17) is 10.2 Å². The van der Waals surface area contributed by atoms with Crippen molar-refractivity contribution < 1.29 is 4.79 Å². The SMILES string of the molecule is CCCCc1cc(C)c(C(=O)N2CCC(c3ccc(C#N)cc3)CC2)cc1-c1nc2c([nH]1)CN(C(C)C)CC2. The second-order valence-corrected chi connectivity index (χ2v) is 11.6. The summed E-state index contributed by atoms with van der Waals surface area (Å²) in [4.78, 5) is 27.0. The maximum Gasteiger partial charge on any atom is 0.254 e. The zero-order chi connectivity index (χ0) is 27.5. The Morgan fingerprint density at radius 2 is 1.90 bits per heavy atom. The van der Waals surface area contributed by atoms with Crippen LogP contribution in [0.25, 0.3) is 11.4 Å². The molecule has 1 N–H and O–H groups in total. The fourth-order valence-electron chi connectivity index (χ4n) is 6.09. The number of H-pyrrole nitrogens is 1. The maximum absolute atomic E-state index is 13.8. The summed E-state index contributed by atoms with van der Waals surface area (Å²) in [5.41, 5.74) is 8.53. The normalized spacial score (nSPS) is 16.4. The van der Waals surface area contributed by atoms with Crippen LogP contribution in [0.5, 0.6) is 0 Å². The monoisotopic (exact) mass is 523 g/mol. The summed E-state index contributed by atoms with van der Waals surface area (Å²) in [7, 11) is 0. The first kappa shape index (κ1) is 27.1. The molecule has 1 amide bonds. The molecule has 1 saturated heterocycles. The quantitative estimate of drug-likeness (QED) is 0.390. The average molecular weight is 524 g/mol. The van der Waals surface area contributed by atoms with Crippen LogP contribution in [0.3, 0.4) is 0 Å². The molecule has 1 aromatic heterocycles. The molecule has 2 aromatic carbocycles. The molecule has 2 aliphatic rings. The van der Waals surface area contributed by atoms with Gasteiger partial charge in [-0.25, -0.2) is 4.98 Å². The molecule has 6 nitrogen and oxygen atoms in total. The van der Waals surface area contributed by atoms with Gasteiger partial charge in [-0.1, -0.05) is 31.5 Å². The molecule has 6 heteroatoms. The van der Waals surface area contributed by atoms with E-state index in [1.807, 2.05) is 17.0 Å². The molecule has 39 heavy (non-hydrogen) atoms. The Bertz CT molecular complexity index is 1360. The first-order chi connectivity index (χ1) is 18.9. The minimum absolute atomic E-state index is 0.122. The lowest BCUT2D eigenvalue weighted by molar-refractivity contribution is 0.0712. The van der Waals surface area contributed by atoms with Crippen LogP contribution in [0.2, 0.25) is 0 Å². The minimum Gasteiger partial charge on any atom is -0.341 e. The van der Waals surface area contributed by atoms with Crippen LogP contribution in [0.15, 0.2) is 36.4 Å². The molecule has 3 aromatic rings. The third kappa shape index (κ3) is 5.79. The molecule has 0 radical (unpaired) electrons. The number of nitriles is 1. The molecule has 1 fully saturated rings. The Kier molecular flexibility index (Phi) is 8.18. The van der Waals surface area contributed by atoms with Gasteiger partial charge in [0.1, 0.15) is 5.82 Å². The lowest BCUT2D eigenvalue weighted by Gasteiger charge is -2.33. The molecule has 0 unspecified atom stereocenters. The zero-order valence-corrected chi connectivity index (χ0v) is 23.9. The number of likely N-dealkylation sites (tertiary alicyclic amines) is 1. The van der Waals surface area contributed by atoms with Crippen LogP contribution < -0.4 is 0 Å². The summed E-state index contributed by atoms with van der Waals surface area (Å²) >= 11 is 0. The number of imidazole rings is 1. The number of amides is 1. The van der Waals surface area contributed by atoms with Gasteiger partial charge in [0.2, 0.25) is 0 Å². The maximum atomic E-state index is 13.8. The molecule has 0 atom stereocenters. The third-order valence-electron chi connectivity index (χ3n) is 8.62. The Morgan fingerprint density at radius 3 is 2.56 bits per heavy atom. The molecular weight excluding hydrogens is 482 g/mol. The number of rotatable bonds is 7. The van der Waals surface area contributed by atoms with Crippen LogP contribution in [0, 0.1) is 18.3 Å². The number of unbranched alkanes of at least 4 members (excludes halogenated alkanes) is 1. The van der Waals surface area contributed by atoms with E-state index >= 15 is 0 Å². The van der Waals surface area contributed by atoms with Crippen LogP contribution in [-0.2, 0) is 19.4 Å². The van der Waals surface area contributed by atoms with Crippen LogP contribution in [0.1, 0.15) is 96.4 Å². The Hall–Kier alpha value is -3.43. The van der Waals surface area contributed by atoms with Gasteiger partial charge in [-0.05, 0) is 87.3 Å². The van der Waals surface area contributed by atoms with Gasteiger partial charge < -0.3 is 9.88 Å². The highest BCUT2D eigenvalue weighted by Gasteiger charge is 2.27. The molecule has 3 heterocycles. The van der Waals surface area contributed by atoms with Crippen molar-refractivity contribution in [2.45, 2.75) is 84.7 Å². The second kappa shape index (κ2) is 11.8. The van der Waals surface area contributed by atoms with Crippen molar-refractivity contribution in [2.75, 3.05) is 19.6 Å². The number of hydrogen-bond acceptors (Lipinski definition) is 4. The van der Waals surface area contributed by atoms with Crippen molar-refractivity contribution in [3.05, 3.63) is 75.6 Å². The smallest absolute Gasteiger partial charge is 0.254 e. The standard InChI is InChI=1S/C33H41N5O/c1-5-6-7-27-18-23(4)28(19-29(27)32-35-30-14-17-38(22(2)3)21-31(30)36-32)33(39)37-15-12-26(13-16-37)25-10-8-24(20-34)9-11-25/h8-11,18-19,22,26H,5-7,12-17,21H2,1-4H3,(H,35,36). The highest BCUT2D eigenvalue weighted by Crippen LogP contribution is 2.32. The van der Waals surface area contributed by atoms with E-state index in [9.17, 15) is 4.79 Å². The van der Waals surface area contributed by atoms with Crippen molar-refractivity contribution in [1.29, 1.82) is 5.26 Å². The highest BCUT2D eigenvalue weighted by atomic mass is 16.2. The van der Waals surface area contributed by atoms with Gasteiger partial charge in [-0.3, -0.25) is 9.69 Å². The molecule has 0 bridgehead atoms. The van der Waals surface area contributed by atoms with Crippen molar-refractivity contribution in [2.24, 2.45) is 0 Å². The summed E-state index contributed by atoms with van der Waals surface area (Å²) in [6, 6.07) is 15.0. The Balaban J connectivity index is 1.38. The number of carbonyl (C=O) groups is 1. The number of carbonyl (C=O) groups excluding carboxylic acids is 1. The van der Waals surface area contributed by atoms with Gasteiger partial charge in [0.15, 0.2) is 0 Å². The number of hydrogen-bond donors (Lipinski definition) is 1. The van der Waals surface area contributed by atoms with E-state index in [-0.39, 0.29) is 5.91 Å². The van der Waals surface area contributed by atoms with Crippen LogP contribution >= 0.6 is 0 Å². The average Bonchev–Trinajstić information content (AvgIpc) is 3.39.